The maximum Gasteiger partial charge on any atom is 0.254 e. The topological polar surface area (TPSA) is 48.0 Å². The first-order valence-electron chi connectivity index (χ1n) is 7.52. The highest BCUT2D eigenvalue weighted by Gasteiger charge is 2.25. The first-order chi connectivity index (χ1) is 11.5. The standard InChI is InChI=1S/C18H18ClNO4/c1-11(13-6-4-5-7-15(13)22-3)20(2)18(21)12-8-14(19)17-16(9-12)23-10-24-17/h4-9,11H,10H2,1-3H3. The lowest BCUT2D eigenvalue weighted by atomic mass is 10.0. The van der Waals surface area contributed by atoms with Gasteiger partial charge in [0.1, 0.15) is 5.75 Å². The van der Waals surface area contributed by atoms with Gasteiger partial charge in [0, 0.05) is 18.2 Å². The normalized spacial score (nSPS) is 13.5. The van der Waals surface area contributed by atoms with Crippen LogP contribution in [0.5, 0.6) is 17.2 Å². The average molecular weight is 348 g/mol. The fraction of sp³-hybridized carbons (Fsp3) is 0.278. The Labute approximate surface area is 145 Å². The number of para-hydroxylation sites is 1. The third-order valence-corrected chi connectivity index (χ3v) is 4.45. The van der Waals surface area contributed by atoms with E-state index < -0.39 is 0 Å². The van der Waals surface area contributed by atoms with Gasteiger partial charge in [-0.25, -0.2) is 0 Å². The molecule has 0 spiro atoms. The van der Waals surface area contributed by atoms with Gasteiger partial charge in [0.25, 0.3) is 5.91 Å². The molecule has 3 rings (SSSR count). The van der Waals surface area contributed by atoms with Gasteiger partial charge in [-0.1, -0.05) is 29.8 Å². The summed E-state index contributed by atoms with van der Waals surface area (Å²) in [6, 6.07) is 10.7. The largest absolute Gasteiger partial charge is 0.496 e. The molecule has 24 heavy (non-hydrogen) atoms. The molecule has 0 N–H and O–H groups in total. The molecule has 1 aliphatic heterocycles. The minimum absolute atomic E-state index is 0.111. The van der Waals surface area contributed by atoms with Crippen molar-refractivity contribution in [3.63, 3.8) is 0 Å². The minimum Gasteiger partial charge on any atom is -0.496 e. The molecule has 0 saturated carbocycles. The zero-order valence-corrected chi connectivity index (χ0v) is 14.5. The Morgan fingerprint density at radius 2 is 2.04 bits per heavy atom. The lowest BCUT2D eigenvalue weighted by molar-refractivity contribution is 0.0740. The molecule has 0 bridgehead atoms. The summed E-state index contributed by atoms with van der Waals surface area (Å²) in [5, 5.41) is 0.367. The van der Waals surface area contributed by atoms with Crippen LogP contribution >= 0.6 is 11.6 Å². The first-order valence-corrected chi connectivity index (χ1v) is 7.90. The highest BCUT2D eigenvalue weighted by molar-refractivity contribution is 6.32. The van der Waals surface area contributed by atoms with Crippen LogP contribution in [0.25, 0.3) is 0 Å². The monoisotopic (exact) mass is 347 g/mol. The van der Waals surface area contributed by atoms with Gasteiger partial charge >= 0.3 is 0 Å². The van der Waals surface area contributed by atoms with Gasteiger partial charge < -0.3 is 19.1 Å². The van der Waals surface area contributed by atoms with Crippen molar-refractivity contribution in [1.82, 2.24) is 4.90 Å². The highest BCUT2D eigenvalue weighted by atomic mass is 35.5. The Morgan fingerprint density at radius 1 is 1.29 bits per heavy atom. The molecular formula is C18H18ClNO4. The number of methoxy groups -OCH3 is 1. The third-order valence-electron chi connectivity index (χ3n) is 4.16. The van der Waals surface area contributed by atoms with Gasteiger partial charge in [-0.3, -0.25) is 4.79 Å². The van der Waals surface area contributed by atoms with Crippen molar-refractivity contribution < 1.29 is 19.0 Å². The van der Waals surface area contributed by atoms with Crippen LogP contribution in [0.3, 0.4) is 0 Å². The van der Waals surface area contributed by atoms with Gasteiger partial charge in [-0.05, 0) is 25.1 Å². The van der Waals surface area contributed by atoms with Gasteiger partial charge in [0.05, 0.1) is 18.2 Å². The molecule has 1 atom stereocenters. The van der Waals surface area contributed by atoms with Crippen LogP contribution in [0.2, 0.25) is 5.02 Å². The van der Waals surface area contributed by atoms with E-state index in [2.05, 4.69) is 0 Å². The van der Waals surface area contributed by atoms with Crippen molar-refractivity contribution in [3.05, 3.63) is 52.5 Å². The second kappa shape index (κ2) is 6.61. The fourth-order valence-electron chi connectivity index (χ4n) is 2.69. The minimum atomic E-state index is -0.169. The molecule has 5 nitrogen and oxygen atoms in total. The van der Waals surface area contributed by atoms with Crippen molar-refractivity contribution in [3.8, 4) is 17.2 Å². The van der Waals surface area contributed by atoms with Gasteiger partial charge in [-0.15, -0.1) is 0 Å². The second-order valence-electron chi connectivity index (χ2n) is 5.53. The average Bonchev–Trinajstić information content (AvgIpc) is 3.09. The lowest BCUT2D eigenvalue weighted by Gasteiger charge is -2.26. The molecule has 1 heterocycles. The Kier molecular flexibility index (Phi) is 4.53. The smallest absolute Gasteiger partial charge is 0.254 e. The SMILES string of the molecule is COc1ccccc1C(C)N(C)C(=O)c1cc(Cl)c2c(c1)OCO2. The molecule has 0 aliphatic carbocycles. The maximum atomic E-state index is 12.8. The highest BCUT2D eigenvalue weighted by Crippen LogP contribution is 2.40. The van der Waals surface area contributed by atoms with Crippen molar-refractivity contribution in [1.29, 1.82) is 0 Å². The third kappa shape index (κ3) is 2.87. The summed E-state index contributed by atoms with van der Waals surface area (Å²) >= 11 is 6.17. The van der Waals surface area contributed by atoms with E-state index in [0.29, 0.717) is 22.1 Å². The predicted molar refractivity (Wildman–Crippen MR) is 91.1 cm³/mol. The number of carbonyl (C=O) groups is 1. The molecular weight excluding hydrogens is 330 g/mol. The van der Waals surface area contributed by atoms with E-state index in [1.54, 1.807) is 31.2 Å². The number of fused-ring (bicyclic) bond motifs is 1. The van der Waals surface area contributed by atoms with E-state index in [9.17, 15) is 4.79 Å². The van der Waals surface area contributed by atoms with Crippen LogP contribution in [0, 0.1) is 0 Å². The van der Waals surface area contributed by atoms with Gasteiger partial charge in [0.15, 0.2) is 11.5 Å². The zero-order chi connectivity index (χ0) is 17.3. The zero-order valence-electron chi connectivity index (χ0n) is 13.7. The Hall–Kier alpha value is -2.40. The Balaban J connectivity index is 1.88. The number of ether oxygens (including phenoxy) is 3. The number of hydrogen-bond donors (Lipinski definition) is 0. The molecule has 0 aromatic heterocycles. The van der Waals surface area contributed by atoms with Gasteiger partial charge in [0.2, 0.25) is 6.79 Å². The van der Waals surface area contributed by atoms with E-state index >= 15 is 0 Å². The maximum absolute atomic E-state index is 12.8. The molecule has 0 fully saturated rings. The van der Waals surface area contributed by atoms with Crippen LogP contribution < -0.4 is 14.2 Å². The predicted octanol–water partition coefficient (Wildman–Crippen LogP) is 3.91. The van der Waals surface area contributed by atoms with Gasteiger partial charge in [-0.2, -0.15) is 0 Å². The quantitative estimate of drug-likeness (QED) is 0.841. The molecule has 6 heteroatoms. The molecule has 1 amide bonds. The molecule has 1 unspecified atom stereocenters. The van der Waals surface area contributed by atoms with Crippen molar-refractivity contribution >= 4 is 17.5 Å². The van der Waals surface area contributed by atoms with E-state index in [4.69, 9.17) is 25.8 Å². The van der Waals surface area contributed by atoms with E-state index in [1.807, 2.05) is 31.2 Å². The molecule has 126 valence electrons. The lowest BCUT2D eigenvalue weighted by Crippen LogP contribution is -2.29. The summed E-state index contributed by atoms with van der Waals surface area (Å²) in [5.74, 6) is 1.56. The van der Waals surface area contributed by atoms with Crippen molar-refractivity contribution in [2.24, 2.45) is 0 Å². The Bertz CT molecular complexity index is 778. The molecule has 2 aromatic rings. The van der Waals surface area contributed by atoms with Crippen LogP contribution in [-0.4, -0.2) is 31.8 Å². The van der Waals surface area contributed by atoms with Crippen LogP contribution in [0.4, 0.5) is 0 Å². The number of amides is 1. The number of nitrogens with zero attached hydrogens (tertiary/aromatic N) is 1. The number of hydrogen-bond acceptors (Lipinski definition) is 4. The summed E-state index contributed by atoms with van der Waals surface area (Å²) < 4.78 is 16.0. The second-order valence-corrected chi connectivity index (χ2v) is 5.93. The number of carbonyl (C=O) groups excluding carboxylic acids is 1. The molecule has 2 aromatic carbocycles. The van der Waals surface area contributed by atoms with Crippen LogP contribution in [-0.2, 0) is 0 Å². The van der Waals surface area contributed by atoms with E-state index in [0.717, 1.165) is 11.3 Å². The van der Waals surface area contributed by atoms with Crippen molar-refractivity contribution in [2.45, 2.75) is 13.0 Å². The fourth-order valence-corrected chi connectivity index (χ4v) is 2.96. The number of rotatable bonds is 4. The summed E-state index contributed by atoms with van der Waals surface area (Å²) in [6.45, 7) is 2.06. The van der Waals surface area contributed by atoms with E-state index in [1.165, 1.54) is 0 Å². The van der Waals surface area contributed by atoms with Crippen LogP contribution in [0.15, 0.2) is 36.4 Å². The molecule has 1 aliphatic rings. The van der Waals surface area contributed by atoms with Crippen LogP contribution in [0.1, 0.15) is 28.9 Å². The van der Waals surface area contributed by atoms with Crippen molar-refractivity contribution in [2.75, 3.05) is 21.0 Å². The Morgan fingerprint density at radius 3 is 2.79 bits per heavy atom. The first kappa shape index (κ1) is 16.5. The summed E-state index contributed by atoms with van der Waals surface area (Å²) in [4.78, 5) is 14.5. The molecule has 0 saturated heterocycles. The summed E-state index contributed by atoms with van der Waals surface area (Å²) in [5.41, 5.74) is 1.39. The number of benzene rings is 2. The molecule has 0 radical (unpaired) electrons. The summed E-state index contributed by atoms with van der Waals surface area (Å²) in [6.07, 6.45) is 0. The summed E-state index contributed by atoms with van der Waals surface area (Å²) in [7, 11) is 3.36. The number of halogens is 1. The van der Waals surface area contributed by atoms with E-state index in [-0.39, 0.29) is 18.7 Å².